The van der Waals surface area contributed by atoms with Gasteiger partial charge in [-0.25, -0.2) is 9.48 Å². The van der Waals surface area contributed by atoms with Gasteiger partial charge in [0.25, 0.3) is 0 Å². The van der Waals surface area contributed by atoms with Crippen LogP contribution < -0.4 is 10.6 Å². The highest BCUT2D eigenvalue weighted by atomic mass is 16.3. The highest BCUT2D eigenvalue weighted by Crippen LogP contribution is 2.17. The molecule has 1 aromatic carbocycles. The lowest BCUT2D eigenvalue weighted by atomic mass is 10.1. The molecule has 3 N–H and O–H groups in total. The number of nitrogens with zero attached hydrogens (tertiary/aromatic N) is 2. The lowest BCUT2D eigenvalue weighted by molar-refractivity contribution is 0.184. The molecular weight excluding hydrogens is 292 g/mol. The van der Waals surface area contributed by atoms with Gasteiger partial charge in [-0.2, -0.15) is 0 Å². The van der Waals surface area contributed by atoms with Crippen molar-refractivity contribution in [1.82, 2.24) is 15.1 Å². The number of aliphatic hydroxyl groups excluding tert-OH is 1. The molecule has 1 aromatic heterocycles. The number of rotatable bonds is 5. The molecule has 2 aromatic rings. The molecule has 0 saturated carbocycles. The molecule has 0 bridgehead atoms. The molecule has 0 radical (unpaired) electrons. The van der Waals surface area contributed by atoms with Crippen molar-refractivity contribution in [1.29, 1.82) is 0 Å². The number of carbonyl (C=O) groups is 1. The number of urea groups is 1. The molecule has 0 aliphatic carbocycles. The number of carbonyl (C=O) groups excluding carboxylic acids is 1. The molecule has 23 heavy (non-hydrogen) atoms. The van der Waals surface area contributed by atoms with Crippen LogP contribution in [0.4, 0.5) is 10.6 Å². The summed E-state index contributed by atoms with van der Waals surface area (Å²) < 4.78 is 1.81. The van der Waals surface area contributed by atoms with Crippen LogP contribution in [-0.4, -0.2) is 33.6 Å². The Morgan fingerprint density at radius 2 is 1.87 bits per heavy atom. The Hall–Kier alpha value is -2.34. The van der Waals surface area contributed by atoms with Gasteiger partial charge in [0, 0.05) is 18.3 Å². The van der Waals surface area contributed by atoms with E-state index in [0.717, 1.165) is 11.4 Å². The molecule has 0 spiro atoms. The predicted molar refractivity (Wildman–Crippen MR) is 91.1 cm³/mol. The van der Waals surface area contributed by atoms with Gasteiger partial charge < -0.3 is 10.4 Å². The van der Waals surface area contributed by atoms with E-state index in [1.54, 1.807) is 6.92 Å². The SMILES string of the molecule is Cc1cc(C)cc(-n2nc(NC(=O)NCC[C@@H](C)O)cc2C)c1. The summed E-state index contributed by atoms with van der Waals surface area (Å²) in [5, 5.41) is 19.0. The van der Waals surface area contributed by atoms with Gasteiger partial charge in [-0.05, 0) is 57.4 Å². The van der Waals surface area contributed by atoms with Gasteiger partial charge in [-0.15, -0.1) is 5.10 Å². The topological polar surface area (TPSA) is 79.2 Å². The summed E-state index contributed by atoms with van der Waals surface area (Å²) in [4.78, 5) is 11.8. The van der Waals surface area contributed by atoms with Crippen molar-refractivity contribution < 1.29 is 9.90 Å². The van der Waals surface area contributed by atoms with Crippen molar-refractivity contribution in [2.45, 2.75) is 40.2 Å². The second-order valence-corrected chi connectivity index (χ2v) is 5.95. The standard InChI is InChI=1S/C17H24N4O2/c1-11-7-12(2)9-15(8-11)21-13(3)10-16(20-21)19-17(23)18-6-5-14(4)22/h7-10,14,22H,5-6H2,1-4H3,(H2,18,19,20,23)/t14-/m1/s1. The van der Waals surface area contributed by atoms with Gasteiger partial charge in [0.1, 0.15) is 0 Å². The molecule has 0 unspecified atom stereocenters. The Bertz CT molecular complexity index is 672. The summed E-state index contributed by atoms with van der Waals surface area (Å²) in [6, 6.07) is 7.72. The second kappa shape index (κ2) is 7.28. The summed E-state index contributed by atoms with van der Waals surface area (Å²) in [6.45, 7) is 8.14. The predicted octanol–water partition coefficient (Wildman–Crippen LogP) is 2.69. The minimum atomic E-state index is -0.429. The number of aromatic nitrogens is 2. The minimum absolute atomic E-state index is 0.323. The van der Waals surface area contributed by atoms with E-state index in [1.165, 1.54) is 11.1 Å². The smallest absolute Gasteiger partial charge is 0.320 e. The molecule has 2 rings (SSSR count). The third kappa shape index (κ3) is 4.82. The van der Waals surface area contributed by atoms with Gasteiger partial charge >= 0.3 is 6.03 Å². The number of aliphatic hydroxyl groups is 1. The lowest BCUT2D eigenvalue weighted by Crippen LogP contribution is -2.31. The Kier molecular flexibility index (Phi) is 5.39. The first-order chi connectivity index (χ1) is 10.8. The monoisotopic (exact) mass is 316 g/mol. The zero-order valence-corrected chi connectivity index (χ0v) is 14.1. The number of benzene rings is 1. The molecule has 0 aliphatic rings. The van der Waals surface area contributed by atoms with Crippen molar-refractivity contribution >= 4 is 11.8 Å². The minimum Gasteiger partial charge on any atom is -0.393 e. The number of hydrogen-bond donors (Lipinski definition) is 3. The summed E-state index contributed by atoms with van der Waals surface area (Å²) >= 11 is 0. The van der Waals surface area contributed by atoms with Gasteiger partial charge in [-0.1, -0.05) is 6.07 Å². The summed E-state index contributed by atoms with van der Waals surface area (Å²) in [5.74, 6) is 0.496. The van der Waals surface area contributed by atoms with Crippen LogP contribution >= 0.6 is 0 Å². The zero-order chi connectivity index (χ0) is 17.0. The van der Waals surface area contributed by atoms with Crippen LogP contribution in [0.1, 0.15) is 30.2 Å². The molecule has 0 saturated heterocycles. The van der Waals surface area contributed by atoms with E-state index in [1.807, 2.05) is 31.5 Å². The lowest BCUT2D eigenvalue weighted by Gasteiger charge is -2.08. The summed E-state index contributed by atoms with van der Waals surface area (Å²) in [5.41, 5.74) is 4.25. The fourth-order valence-corrected chi connectivity index (χ4v) is 2.42. The number of amides is 2. The first kappa shape index (κ1) is 17.0. The van der Waals surface area contributed by atoms with Gasteiger partial charge in [0.05, 0.1) is 11.8 Å². The average Bonchev–Trinajstić information content (AvgIpc) is 2.77. The number of hydrogen-bond acceptors (Lipinski definition) is 3. The van der Waals surface area contributed by atoms with E-state index in [9.17, 15) is 9.90 Å². The largest absolute Gasteiger partial charge is 0.393 e. The van der Waals surface area contributed by atoms with Crippen LogP contribution in [0.25, 0.3) is 5.69 Å². The maximum absolute atomic E-state index is 11.8. The second-order valence-electron chi connectivity index (χ2n) is 5.95. The molecule has 0 fully saturated rings. The Balaban J connectivity index is 2.07. The van der Waals surface area contributed by atoms with Crippen LogP contribution in [0.5, 0.6) is 0 Å². The van der Waals surface area contributed by atoms with E-state index < -0.39 is 6.10 Å². The van der Waals surface area contributed by atoms with Crippen molar-refractivity contribution in [2.75, 3.05) is 11.9 Å². The summed E-state index contributed by atoms with van der Waals surface area (Å²) in [7, 11) is 0. The number of nitrogens with one attached hydrogen (secondary N) is 2. The molecule has 2 amide bonds. The Morgan fingerprint density at radius 3 is 2.48 bits per heavy atom. The fraction of sp³-hybridized carbons (Fsp3) is 0.412. The zero-order valence-electron chi connectivity index (χ0n) is 14.1. The van der Waals surface area contributed by atoms with Crippen LogP contribution in [-0.2, 0) is 0 Å². The van der Waals surface area contributed by atoms with E-state index in [2.05, 4.69) is 33.9 Å². The van der Waals surface area contributed by atoms with Gasteiger partial charge in [-0.3, -0.25) is 5.32 Å². The van der Waals surface area contributed by atoms with E-state index in [0.29, 0.717) is 18.8 Å². The Labute approximate surface area is 136 Å². The molecule has 6 heteroatoms. The molecule has 124 valence electrons. The summed E-state index contributed by atoms with van der Waals surface area (Å²) in [6.07, 6.45) is 0.0880. The maximum atomic E-state index is 11.8. The molecular formula is C17H24N4O2. The normalized spacial score (nSPS) is 12.0. The molecule has 1 atom stereocenters. The molecule has 1 heterocycles. The first-order valence-corrected chi connectivity index (χ1v) is 7.73. The Morgan fingerprint density at radius 1 is 1.22 bits per heavy atom. The van der Waals surface area contributed by atoms with Crippen molar-refractivity contribution in [2.24, 2.45) is 0 Å². The van der Waals surface area contributed by atoms with Gasteiger partial charge in [0.15, 0.2) is 5.82 Å². The fourth-order valence-electron chi connectivity index (χ4n) is 2.42. The first-order valence-electron chi connectivity index (χ1n) is 7.73. The van der Waals surface area contributed by atoms with Crippen molar-refractivity contribution in [3.05, 3.63) is 41.1 Å². The van der Waals surface area contributed by atoms with Crippen LogP contribution in [0.2, 0.25) is 0 Å². The van der Waals surface area contributed by atoms with Crippen LogP contribution in [0.15, 0.2) is 24.3 Å². The van der Waals surface area contributed by atoms with E-state index >= 15 is 0 Å². The third-order valence-corrected chi connectivity index (χ3v) is 3.43. The van der Waals surface area contributed by atoms with E-state index in [4.69, 9.17) is 0 Å². The van der Waals surface area contributed by atoms with Crippen molar-refractivity contribution in [3.8, 4) is 5.69 Å². The van der Waals surface area contributed by atoms with Gasteiger partial charge in [0.2, 0.25) is 0 Å². The molecule has 6 nitrogen and oxygen atoms in total. The number of aryl methyl sites for hydroxylation is 3. The highest BCUT2D eigenvalue weighted by Gasteiger charge is 2.10. The van der Waals surface area contributed by atoms with Crippen LogP contribution in [0, 0.1) is 20.8 Å². The quantitative estimate of drug-likeness (QED) is 0.793. The highest BCUT2D eigenvalue weighted by molar-refractivity contribution is 5.88. The third-order valence-electron chi connectivity index (χ3n) is 3.43. The molecule has 0 aliphatic heterocycles. The maximum Gasteiger partial charge on any atom is 0.320 e. The van der Waals surface area contributed by atoms with Crippen molar-refractivity contribution in [3.63, 3.8) is 0 Å². The average molecular weight is 316 g/mol. The van der Waals surface area contributed by atoms with E-state index in [-0.39, 0.29) is 6.03 Å². The van der Waals surface area contributed by atoms with Crippen LogP contribution in [0.3, 0.4) is 0 Å². The number of anilines is 1.